The van der Waals surface area contributed by atoms with Gasteiger partial charge in [-0.3, -0.25) is 14.9 Å². The molecule has 1 heterocycles. The molecule has 0 radical (unpaired) electrons. The van der Waals surface area contributed by atoms with Gasteiger partial charge in [-0.15, -0.1) is 11.8 Å². The van der Waals surface area contributed by atoms with Gasteiger partial charge in [0.05, 0.1) is 10.7 Å². The lowest BCUT2D eigenvalue weighted by molar-refractivity contribution is -0.384. The number of rotatable bonds is 9. The molecule has 148 valence electrons. The van der Waals surface area contributed by atoms with E-state index in [4.69, 9.17) is 0 Å². The van der Waals surface area contributed by atoms with E-state index in [1.165, 1.54) is 41.6 Å². The lowest BCUT2D eigenvalue weighted by Gasteiger charge is -2.31. The summed E-state index contributed by atoms with van der Waals surface area (Å²) >= 11 is 1.51. The average Bonchev–Trinajstić information content (AvgIpc) is 2.71. The summed E-state index contributed by atoms with van der Waals surface area (Å²) in [5.41, 5.74) is 3.81. The Morgan fingerprint density at radius 2 is 1.96 bits per heavy atom. The zero-order valence-electron chi connectivity index (χ0n) is 15.8. The van der Waals surface area contributed by atoms with E-state index in [1.54, 1.807) is 12.1 Å². The molecule has 7 heteroatoms. The normalized spacial score (nSPS) is 13.1. The highest BCUT2D eigenvalue weighted by Gasteiger charge is 2.15. The van der Waals surface area contributed by atoms with Crippen molar-refractivity contribution in [3.8, 4) is 0 Å². The molecule has 0 bridgehead atoms. The molecule has 0 saturated heterocycles. The summed E-state index contributed by atoms with van der Waals surface area (Å²) in [5, 5.41) is 13.6. The summed E-state index contributed by atoms with van der Waals surface area (Å²) in [6.45, 7) is 2.71. The third-order valence-corrected chi connectivity index (χ3v) is 5.79. The highest BCUT2D eigenvalue weighted by atomic mass is 32.2. The molecule has 1 aliphatic heterocycles. The number of carbonyl (C=O) groups is 1. The van der Waals surface area contributed by atoms with Crippen LogP contribution in [-0.2, 0) is 17.0 Å². The van der Waals surface area contributed by atoms with Crippen molar-refractivity contribution in [1.82, 2.24) is 5.32 Å². The Kier molecular flexibility index (Phi) is 7.31. The predicted molar refractivity (Wildman–Crippen MR) is 114 cm³/mol. The highest BCUT2D eigenvalue weighted by molar-refractivity contribution is 7.99. The van der Waals surface area contributed by atoms with E-state index in [0.29, 0.717) is 18.1 Å². The van der Waals surface area contributed by atoms with Gasteiger partial charge in [-0.25, -0.2) is 0 Å². The second-order valence-electron chi connectivity index (χ2n) is 6.84. The lowest BCUT2D eigenvalue weighted by atomic mass is 10.0. The number of benzene rings is 2. The molecular weight excluding hydrogens is 374 g/mol. The smallest absolute Gasteiger partial charge is 0.269 e. The number of hydrogen-bond donors (Lipinski definition) is 1. The fourth-order valence-corrected chi connectivity index (χ4v) is 4.19. The Hall–Kier alpha value is -2.54. The number of nitro groups is 1. The second-order valence-corrected chi connectivity index (χ2v) is 7.82. The number of amides is 1. The maximum absolute atomic E-state index is 12.0. The van der Waals surface area contributed by atoms with Gasteiger partial charge in [0.25, 0.3) is 5.69 Å². The fraction of sp³-hybridized carbons (Fsp3) is 0.381. The fourth-order valence-electron chi connectivity index (χ4n) is 3.37. The van der Waals surface area contributed by atoms with Crippen molar-refractivity contribution in [1.29, 1.82) is 0 Å². The third-order valence-electron chi connectivity index (χ3n) is 4.78. The van der Waals surface area contributed by atoms with Gasteiger partial charge in [0.2, 0.25) is 5.91 Å². The summed E-state index contributed by atoms with van der Waals surface area (Å²) in [5.74, 6) is 1.09. The van der Waals surface area contributed by atoms with Crippen molar-refractivity contribution in [2.75, 3.05) is 30.3 Å². The summed E-state index contributed by atoms with van der Waals surface area (Å²) in [6.07, 6.45) is 3.26. The molecule has 1 N–H and O–H groups in total. The van der Waals surface area contributed by atoms with Crippen LogP contribution in [0.5, 0.6) is 0 Å². The number of non-ortho nitro benzene ring substituents is 1. The minimum absolute atomic E-state index is 0.0333. The SMILES string of the molecule is O=C(CSCc1ccc([N+](=O)[O-])cc1)NCCCN1CCCc2ccccc21. The van der Waals surface area contributed by atoms with E-state index in [0.717, 1.165) is 31.5 Å². The first-order valence-electron chi connectivity index (χ1n) is 9.54. The highest BCUT2D eigenvalue weighted by Crippen LogP contribution is 2.26. The number of para-hydroxylation sites is 1. The molecule has 0 atom stereocenters. The molecule has 1 aliphatic rings. The Balaban J connectivity index is 1.31. The third kappa shape index (κ3) is 5.73. The Morgan fingerprint density at radius 3 is 2.75 bits per heavy atom. The topological polar surface area (TPSA) is 75.5 Å². The molecule has 0 spiro atoms. The van der Waals surface area contributed by atoms with E-state index in [2.05, 4.69) is 34.5 Å². The number of carbonyl (C=O) groups excluding carboxylic acids is 1. The summed E-state index contributed by atoms with van der Waals surface area (Å²) in [6, 6.07) is 15.0. The molecule has 2 aromatic carbocycles. The van der Waals surface area contributed by atoms with Crippen LogP contribution in [0.2, 0.25) is 0 Å². The molecule has 0 unspecified atom stereocenters. The van der Waals surface area contributed by atoms with Gasteiger partial charge >= 0.3 is 0 Å². The van der Waals surface area contributed by atoms with Crippen molar-refractivity contribution in [3.05, 3.63) is 69.8 Å². The molecule has 0 aliphatic carbocycles. The number of thioether (sulfide) groups is 1. The number of anilines is 1. The van der Waals surface area contributed by atoms with Gasteiger partial charge < -0.3 is 10.2 Å². The average molecular weight is 400 g/mol. The van der Waals surface area contributed by atoms with Crippen LogP contribution >= 0.6 is 11.8 Å². The van der Waals surface area contributed by atoms with E-state index in [-0.39, 0.29) is 11.6 Å². The number of hydrogen-bond acceptors (Lipinski definition) is 5. The Bertz CT molecular complexity index is 811. The van der Waals surface area contributed by atoms with Crippen molar-refractivity contribution >= 4 is 29.0 Å². The van der Waals surface area contributed by atoms with E-state index >= 15 is 0 Å². The van der Waals surface area contributed by atoms with Gasteiger partial charge in [-0.05, 0) is 36.5 Å². The quantitative estimate of drug-likeness (QED) is 0.394. The molecule has 2 aromatic rings. The standard InChI is InChI=1S/C21H25N3O3S/c25-21(16-28-15-17-8-10-19(11-9-17)24(26)27)22-12-4-14-23-13-3-6-18-5-1-2-7-20(18)23/h1-2,5,7-11H,3-4,6,12-16H2,(H,22,25). The Labute approximate surface area is 169 Å². The van der Waals surface area contributed by atoms with Gasteiger partial charge in [-0.2, -0.15) is 0 Å². The first kappa shape index (κ1) is 20.2. The van der Waals surface area contributed by atoms with E-state index in [9.17, 15) is 14.9 Å². The van der Waals surface area contributed by atoms with Crippen LogP contribution in [-0.4, -0.2) is 36.2 Å². The molecule has 28 heavy (non-hydrogen) atoms. The molecule has 0 saturated carbocycles. The van der Waals surface area contributed by atoms with Crippen LogP contribution in [0.3, 0.4) is 0 Å². The lowest BCUT2D eigenvalue weighted by Crippen LogP contribution is -2.33. The molecular formula is C21H25N3O3S. The minimum Gasteiger partial charge on any atom is -0.371 e. The van der Waals surface area contributed by atoms with Crippen LogP contribution in [0.15, 0.2) is 48.5 Å². The summed E-state index contributed by atoms with van der Waals surface area (Å²) in [4.78, 5) is 24.6. The molecule has 0 aromatic heterocycles. The van der Waals surface area contributed by atoms with E-state index < -0.39 is 4.92 Å². The van der Waals surface area contributed by atoms with Gasteiger partial charge in [-0.1, -0.05) is 30.3 Å². The van der Waals surface area contributed by atoms with E-state index in [1.807, 2.05) is 0 Å². The zero-order valence-corrected chi connectivity index (χ0v) is 16.6. The van der Waals surface area contributed by atoms with Gasteiger partial charge in [0.1, 0.15) is 0 Å². The van der Waals surface area contributed by atoms with Crippen molar-refractivity contribution in [2.24, 2.45) is 0 Å². The maximum atomic E-state index is 12.0. The van der Waals surface area contributed by atoms with Crippen LogP contribution in [0.25, 0.3) is 0 Å². The number of aryl methyl sites for hydroxylation is 1. The van der Waals surface area contributed by atoms with Crippen LogP contribution in [0.4, 0.5) is 11.4 Å². The largest absolute Gasteiger partial charge is 0.371 e. The number of nitrogens with one attached hydrogen (secondary N) is 1. The molecule has 6 nitrogen and oxygen atoms in total. The monoisotopic (exact) mass is 399 g/mol. The summed E-state index contributed by atoms with van der Waals surface area (Å²) in [7, 11) is 0. The molecule has 3 rings (SSSR count). The zero-order chi connectivity index (χ0) is 19.8. The first-order chi connectivity index (χ1) is 13.6. The number of fused-ring (bicyclic) bond motifs is 1. The first-order valence-corrected chi connectivity index (χ1v) is 10.7. The summed E-state index contributed by atoms with van der Waals surface area (Å²) < 4.78 is 0. The minimum atomic E-state index is -0.410. The van der Waals surface area contributed by atoms with Gasteiger partial charge in [0.15, 0.2) is 0 Å². The van der Waals surface area contributed by atoms with Gasteiger partial charge in [0, 0.05) is 43.2 Å². The van der Waals surface area contributed by atoms with Crippen LogP contribution < -0.4 is 10.2 Å². The van der Waals surface area contributed by atoms with Crippen molar-refractivity contribution in [2.45, 2.75) is 25.0 Å². The predicted octanol–water partition coefficient (Wildman–Crippen LogP) is 3.79. The van der Waals surface area contributed by atoms with Crippen LogP contribution in [0, 0.1) is 10.1 Å². The Morgan fingerprint density at radius 1 is 1.18 bits per heavy atom. The molecule has 0 fully saturated rings. The number of nitrogens with zero attached hydrogens (tertiary/aromatic N) is 2. The molecule has 1 amide bonds. The maximum Gasteiger partial charge on any atom is 0.269 e. The number of nitro benzene ring substituents is 1. The van der Waals surface area contributed by atoms with Crippen LogP contribution in [0.1, 0.15) is 24.0 Å². The van der Waals surface area contributed by atoms with Crippen molar-refractivity contribution in [3.63, 3.8) is 0 Å². The van der Waals surface area contributed by atoms with Crippen molar-refractivity contribution < 1.29 is 9.72 Å². The second kappa shape index (κ2) is 10.1.